The molecule has 1 aromatic heterocycles. The number of hydrogen-bond donors (Lipinski definition) is 1. The highest BCUT2D eigenvalue weighted by molar-refractivity contribution is 5.68. The van der Waals surface area contributed by atoms with Crippen molar-refractivity contribution in [3.8, 4) is 17.2 Å². The molecule has 2 aromatic carbocycles. The number of aliphatic carboxylic acids is 1. The van der Waals surface area contributed by atoms with Gasteiger partial charge in [0.25, 0.3) is 5.56 Å². The molecule has 0 radical (unpaired) electrons. The second-order valence-electron chi connectivity index (χ2n) is 11.5. The number of aryl methyl sites for hydroxylation is 1. The molecule has 1 aliphatic heterocycles. The lowest BCUT2D eigenvalue weighted by molar-refractivity contribution is -0.138. The van der Waals surface area contributed by atoms with Crippen LogP contribution in [0.1, 0.15) is 61.3 Å². The van der Waals surface area contributed by atoms with Crippen LogP contribution in [0.2, 0.25) is 0 Å². The molecule has 0 spiro atoms. The third-order valence-electron chi connectivity index (χ3n) is 8.55. The lowest BCUT2D eigenvalue weighted by Crippen LogP contribution is -2.39. The summed E-state index contributed by atoms with van der Waals surface area (Å²) in [5.41, 5.74) is 2.33. The van der Waals surface area contributed by atoms with E-state index < -0.39 is 11.7 Å². The Morgan fingerprint density at radius 3 is 2.67 bits per heavy atom. The summed E-state index contributed by atoms with van der Waals surface area (Å²) in [7, 11) is 3.17. The number of ether oxygens (including phenoxy) is 3. The first kappa shape index (κ1) is 30.4. The SMILES string of the molecule is COc1cc(CN(CC2CCCCC2)C(CC(=O)O)c2ccc3c(c2)CCO3)ccc1OCCn1c(=O)ccn(C)c1=O. The van der Waals surface area contributed by atoms with Crippen LogP contribution in [-0.4, -0.2) is 52.0 Å². The van der Waals surface area contributed by atoms with Gasteiger partial charge in [0.05, 0.1) is 26.7 Å². The van der Waals surface area contributed by atoms with Gasteiger partial charge in [-0.05, 0) is 53.6 Å². The molecule has 0 bridgehead atoms. The number of carboxylic acids is 1. The molecule has 10 nitrogen and oxygen atoms in total. The van der Waals surface area contributed by atoms with E-state index in [2.05, 4.69) is 11.0 Å². The van der Waals surface area contributed by atoms with Crippen molar-refractivity contribution in [1.82, 2.24) is 14.0 Å². The topological polar surface area (TPSA) is 112 Å². The van der Waals surface area contributed by atoms with Crippen molar-refractivity contribution in [2.45, 2.75) is 64.1 Å². The minimum Gasteiger partial charge on any atom is -0.493 e. The highest BCUT2D eigenvalue weighted by Crippen LogP contribution is 2.36. The molecule has 1 atom stereocenters. The largest absolute Gasteiger partial charge is 0.493 e. The molecule has 1 saturated carbocycles. The molecule has 230 valence electrons. The molecule has 2 aliphatic rings. The van der Waals surface area contributed by atoms with Gasteiger partial charge in [-0.1, -0.05) is 37.5 Å². The Hall–Kier alpha value is -4.05. The van der Waals surface area contributed by atoms with E-state index in [0.29, 0.717) is 30.6 Å². The van der Waals surface area contributed by atoms with Crippen LogP contribution in [0.3, 0.4) is 0 Å². The quantitative estimate of drug-likeness (QED) is 0.315. The van der Waals surface area contributed by atoms with Crippen LogP contribution in [0.15, 0.2) is 58.3 Å². The van der Waals surface area contributed by atoms with Gasteiger partial charge in [-0.2, -0.15) is 0 Å². The van der Waals surface area contributed by atoms with Gasteiger partial charge in [-0.15, -0.1) is 0 Å². The fourth-order valence-electron chi connectivity index (χ4n) is 6.27. The molecule has 1 fully saturated rings. The smallest absolute Gasteiger partial charge is 0.330 e. The van der Waals surface area contributed by atoms with Crippen molar-refractivity contribution in [1.29, 1.82) is 0 Å². The van der Waals surface area contributed by atoms with Crippen LogP contribution in [0.25, 0.3) is 0 Å². The van der Waals surface area contributed by atoms with Crippen LogP contribution in [0, 0.1) is 5.92 Å². The van der Waals surface area contributed by atoms with Crippen molar-refractivity contribution >= 4 is 5.97 Å². The fourth-order valence-corrected chi connectivity index (χ4v) is 6.27. The zero-order valence-corrected chi connectivity index (χ0v) is 25.0. The average Bonchev–Trinajstić information content (AvgIpc) is 3.48. The number of carboxylic acid groups (broad SMARTS) is 1. The first-order valence-corrected chi connectivity index (χ1v) is 15.1. The number of aromatic nitrogens is 2. The van der Waals surface area contributed by atoms with Crippen LogP contribution >= 0.6 is 0 Å². The highest BCUT2D eigenvalue weighted by atomic mass is 16.5. The molecule has 5 rings (SSSR count). The predicted molar refractivity (Wildman–Crippen MR) is 162 cm³/mol. The number of methoxy groups -OCH3 is 1. The van der Waals surface area contributed by atoms with E-state index in [0.717, 1.165) is 52.8 Å². The van der Waals surface area contributed by atoms with Gasteiger partial charge < -0.3 is 23.9 Å². The molecule has 2 heterocycles. The van der Waals surface area contributed by atoms with Gasteiger partial charge in [-0.25, -0.2) is 4.79 Å². The van der Waals surface area contributed by atoms with Gasteiger partial charge >= 0.3 is 11.7 Å². The van der Waals surface area contributed by atoms with Crippen LogP contribution in [0.5, 0.6) is 17.2 Å². The Bertz CT molecular complexity index is 1540. The Morgan fingerprint density at radius 1 is 1.09 bits per heavy atom. The van der Waals surface area contributed by atoms with Gasteiger partial charge in [0, 0.05) is 44.9 Å². The van der Waals surface area contributed by atoms with E-state index in [1.54, 1.807) is 14.2 Å². The normalized spacial score (nSPS) is 15.6. The second-order valence-corrected chi connectivity index (χ2v) is 11.5. The maximum Gasteiger partial charge on any atom is 0.330 e. The van der Waals surface area contributed by atoms with Crippen LogP contribution in [-0.2, 0) is 31.4 Å². The monoisotopic (exact) mass is 591 g/mol. The molecule has 0 saturated heterocycles. The molecular formula is C33H41N3O7. The lowest BCUT2D eigenvalue weighted by Gasteiger charge is -2.36. The van der Waals surface area contributed by atoms with E-state index in [1.165, 1.54) is 36.1 Å². The Labute approximate surface area is 251 Å². The molecule has 0 amide bonds. The Balaban J connectivity index is 1.37. The minimum atomic E-state index is -0.830. The summed E-state index contributed by atoms with van der Waals surface area (Å²) in [6.45, 7) is 2.24. The molecule has 43 heavy (non-hydrogen) atoms. The van der Waals surface area contributed by atoms with E-state index in [1.807, 2.05) is 30.3 Å². The molecule has 10 heteroatoms. The Kier molecular flexibility index (Phi) is 9.86. The summed E-state index contributed by atoms with van der Waals surface area (Å²) >= 11 is 0. The maximum absolute atomic E-state index is 12.3. The summed E-state index contributed by atoms with van der Waals surface area (Å²) in [5, 5.41) is 9.96. The molecule has 1 N–H and O–H groups in total. The standard InChI is InChI=1S/C33H41N3O7/c1-34-14-12-31(37)36(33(34)40)15-17-43-29-10-8-24(18-30(29)41-2)22-35(21-23-6-4-3-5-7-23)27(20-32(38)39)25-9-11-28-26(19-25)13-16-42-28/h8-12,14,18-19,23,27H,3-7,13,15-17,20-22H2,1-2H3,(H,38,39). The summed E-state index contributed by atoms with van der Waals surface area (Å²) in [5.74, 6) is 1.61. The number of nitrogens with zero attached hydrogens (tertiary/aromatic N) is 3. The van der Waals surface area contributed by atoms with Crippen molar-refractivity contribution in [2.75, 3.05) is 26.9 Å². The minimum absolute atomic E-state index is 0.00299. The fraction of sp³-hybridized carbons (Fsp3) is 0.485. The van der Waals surface area contributed by atoms with E-state index in [4.69, 9.17) is 14.2 Å². The molecule has 1 aliphatic carbocycles. The number of hydrogen-bond acceptors (Lipinski definition) is 7. The first-order valence-electron chi connectivity index (χ1n) is 15.1. The number of carbonyl (C=O) groups is 1. The van der Waals surface area contributed by atoms with Crippen molar-refractivity contribution in [2.24, 2.45) is 13.0 Å². The van der Waals surface area contributed by atoms with E-state index in [9.17, 15) is 19.5 Å². The zero-order valence-electron chi connectivity index (χ0n) is 25.0. The van der Waals surface area contributed by atoms with Gasteiger partial charge in [-0.3, -0.25) is 19.1 Å². The molecular weight excluding hydrogens is 550 g/mol. The van der Waals surface area contributed by atoms with Gasteiger partial charge in [0.2, 0.25) is 0 Å². The van der Waals surface area contributed by atoms with Crippen molar-refractivity contribution in [3.05, 3.63) is 86.2 Å². The maximum atomic E-state index is 12.3. The van der Waals surface area contributed by atoms with E-state index in [-0.39, 0.29) is 31.2 Å². The second kappa shape index (κ2) is 13.9. The van der Waals surface area contributed by atoms with E-state index >= 15 is 0 Å². The summed E-state index contributed by atoms with van der Waals surface area (Å²) in [6, 6.07) is 12.9. The summed E-state index contributed by atoms with van der Waals surface area (Å²) in [4.78, 5) is 38.9. The Morgan fingerprint density at radius 2 is 1.91 bits per heavy atom. The zero-order chi connectivity index (χ0) is 30.3. The summed E-state index contributed by atoms with van der Waals surface area (Å²) < 4.78 is 19.8. The predicted octanol–water partition coefficient (Wildman–Crippen LogP) is 4.17. The molecule has 3 aromatic rings. The number of rotatable bonds is 13. The van der Waals surface area contributed by atoms with Crippen LogP contribution < -0.4 is 25.5 Å². The lowest BCUT2D eigenvalue weighted by atomic mass is 9.87. The molecule has 1 unspecified atom stereocenters. The van der Waals surface area contributed by atoms with Crippen molar-refractivity contribution < 1.29 is 24.1 Å². The first-order chi connectivity index (χ1) is 20.8. The third kappa shape index (κ3) is 7.48. The number of benzene rings is 2. The highest BCUT2D eigenvalue weighted by Gasteiger charge is 2.28. The van der Waals surface area contributed by atoms with Crippen molar-refractivity contribution in [3.63, 3.8) is 0 Å². The van der Waals surface area contributed by atoms with Crippen LogP contribution in [0.4, 0.5) is 0 Å². The van der Waals surface area contributed by atoms with Gasteiger partial charge in [0.15, 0.2) is 11.5 Å². The van der Waals surface area contributed by atoms with Gasteiger partial charge in [0.1, 0.15) is 12.4 Å². The average molecular weight is 592 g/mol. The summed E-state index contributed by atoms with van der Waals surface area (Å²) in [6.07, 6.45) is 8.25. The third-order valence-corrected chi connectivity index (χ3v) is 8.55. The number of fused-ring (bicyclic) bond motifs is 1.